The van der Waals surface area contributed by atoms with Gasteiger partial charge in [-0.1, -0.05) is 30.5 Å². The molecule has 0 saturated heterocycles. The fraction of sp³-hybridized carbons (Fsp3) is 0.552. The number of hydrogen-bond donors (Lipinski definition) is 2. The van der Waals surface area contributed by atoms with E-state index in [2.05, 4.69) is 10.2 Å². The number of rotatable bonds is 11. The van der Waals surface area contributed by atoms with Crippen LogP contribution in [0.3, 0.4) is 0 Å². The summed E-state index contributed by atoms with van der Waals surface area (Å²) < 4.78 is 16.4. The van der Waals surface area contributed by atoms with Crippen LogP contribution in [0, 0.1) is 5.92 Å². The molecule has 218 valence electrons. The summed E-state index contributed by atoms with van der Waals surface area (Å²) >= 11 is 7.56. The minimum atomic E-state index is -1.57. The van der Waals surface area contributed by atoms with Gasteiger partial charge in [-0.25, -0.2) is 9.59 Å². The van der Waals surface area contributed by atoms with Crippen LogP contribution < -0.4 is 10.1 Å². The molecule has 0 spiro atoms. The third kappa shape index (κ3) is 6.97. The highest BCUT2D eigenvalue weighted by atomic mass is 35.5. The number of carbonyl (C=O) groups excluding carboxylic acids is 3. The molecule has 40 heavy (non-hydrogen) atoms. The number of anilines is 1. The highest BCUT2D eigenvalue weighted by Gasteiger charge is 2.49. The number of nitrogens with zero attached hydrogens (tertiary/aromatic N) is 1. The third-order valence-electron chi connectivity index (χ3n) is 8.06. The van der Waals surface area contributed by atoms with Crippen molar-refractivity contribution < 1.29 is 33.7 Å². The van der Waals surface area contributed by atoms with E-state index < -0.39 is 17.7 Å². The largest absolute Gasteiger partial charge is 0.496 e. The molecule has 0 unspecified atom stereocenters. The zero-order chi connectivity index (χ0) is 28.7. The lowest BCUT2D eigenvalue weighted by Gasteiger charge is -2.36. The molecule has 2 fully saturated rings. The Balaban J connectivity index is 1.21. The summed E-state index contributed by atoms with van der Waals surface area (Å²) in [7, 11) is 3.40. The Morgan fingerprint density at radius 3 is 2.55 bits per heavy atom. The summed E-state index contributed by atoms with van der Waals surface area (Å²) in [5, 5.41) is 16.2. The molecule has 1 atom stereocenters. The second-order valence-corrected chi connectivity index (χ2v) is 11.8. The van der Waals surface area contributed by atoms with E-state index in [4.69, 9.17) is 25.8 Å². The van der Waals surface area contributed by atoms with Gasteiger partial charge in [-0.05, 0) is 63.1 Å². The summed E-state index contributed by atoms with van der Waals surface area (Å²) in [6, 6.07) is 6.84. The highest BCUT2D eigenvalue weighted by Crippen LogP contribution is 2.43. The molecule has 4 rings (SSSR count). The molecular weight excluding hydrogens is 556 g/mol. The van der Waals surface area contributed by atoms with E-state index in [1.807, 2.05) is 24.6 Å². The predicted octanol–water partition coefficient (Wildman–Crippen LogP) is 5.64. The zero-order valence-corrected chi connectivity index (χ0v) is 24.5. The average molecular weight is 593 g/mol. The van der Waals surface area contributed by atoms with Crippen molar-refractivity contribution in [2.75, 3.05) is 32.6 Å². The SMILES string of the molecule is COc1cc(NC(=O)OCCN(C)[C@H]2CC[C@H](OC(=O)[C@](O)(c3cccs3)C3CCCC3)CC2)c(Cl)cc1C=O. The average Bonchev–Trinajstić information content (AvgIpc) is 3.69. The lowest BCUT2D eigenvalue weighted by Crippen LogP contribution is -2.45. The van der Waals surface area contributed by atoms with Crippen LogP contribution in [0.4, 0.5) is 10.5 Å². The second kappa shape index (κ2) is 13.8. The molecule has 9 nitrogen and oxygen atoms in total. The Labute approximate surface area is 243 Å². The molecule has 0 bridgehead atoms. The molecule has 0 aliphatic heterocycles. The summed E-state index contributed by atoms with van der Waals surface area (Å²) in [5.41, 5.74) is -0.999. The minimum Gasteiger partial charge on any atom is -0.496 e. The van der Waals surface area contributed by atoms with Crippen molar-refractivity contribution in [3.8, 4) is 5.75 Å². The van der Waals surface area contributed by atoms with Crippen LogP contribution in [0.2, 0.25) is 5.02 Å². The molecule has 2 N–H and O–H groups in total. The first kappa shape index (κ1) is 30.3. The number of methoxy groups -OCH3 is 1. The van der Waals surface area contributed by atoms with Crippen LogP contribution in [-0.4, -0.2) is 67.8 Å². The maximum atomic E-state index is 13.3. The van der Waals surface area contributed by atoms with Crippen LogP contribution >= 0.6 is 22.9 Å². The molecule has 1 aromatic heterocycles. The van der Waals surface area contributed by atoms with E-state index in [1.165, 1.54) is 30.6 Å². The first-order valence-electron chi connectivity index (χ1n) is 13.7. The van der Waals surface area contributed by atoms with Crippen molar-refractivity contribution in [1.29, 1.82) is 0 Å². The van der Waals surface area contributed by atoms with Gasteiger partial charge in [0, 0.05) is 29.4 Å². The van der Waals surface area contributed by atoms with Crippen LogP contribution in [0.15, 0.2) is 29.6 Å². The maximum absolute atomic E-state index is 13.3. The number of likely N-dealkylation sites (N-methyl/N-ethyl adjacent to an activating group) is 1. The normalized spacial score (nSPS) is 21.0. The van der Waals surface area contributed by atoms with Gasteiger partial charge in [-0.15, -0.1) is 11.3 Å². The molecule has 1 heterocycles. The van der Waals surface area contributed by atoms with Crippen molar-refractivity contribution in [1.82, 2.24) is 4.90 Å². The third-order valence-corrected chi connectivity index (χ3v) is 9.36. The molecule has 11 heteroatoms. The first-order chi connectivity index (χ1) is 19.3. The van der Waals surface area contributed by atoms with E-state index in [0.29, 0.717) is 36.3 Å². The number of hydrogen-bond acceptors (Lipinski definition) is 9. The van der Waals surface area contributed by atoms with E-state index in [1.54, 1.807) is 0 Å². The van der Waals surface area contributed by atoms with Crippen molar-refractivity contribution in [2.24, 2.45) is 5.92 Å². The fourth-order valence-corrected chi connectivity index (χ4v) is 6.81. The topological polar surface area (TPSA) is 114 Å². The number of amides is 1. The minimum absolute atomic E-state index is 0.105. The van der Waals surface area contributed by atoms with Gasteiger partial charge < -0.3 is 24.2 Å². The number of esters is 1. The van der Waals surface area contributed by atoms with E-state index in [9.17, 15) is 19.5 Å². The lowest BCUT2D eigenvalue weighted by molar-refractivity contribution is -0.180. The van der Waals surface area contributed by atoms with Gasteiger partial charge in [0.2, 0.25) is 0 Å². The Morgan fingerprint density at radius 2 is 1.93 bits per heavy atom. The summed E-state index contributed by atoms with van der Waals surface area (Å²) in [6.07, 6.45) is 6.53. The number of thiophene rings is 1. The number of nitrogens with one attached hydrogen (secondary N) is 1. The molecule has 2 aliphatic carbocycles. The number of carbonyl (C=O) groups is 3. The van der Waals surface area contributed by atoms with Gasteiger partial charge in [0.15, 0.2) is 11.9 Å². The maximum Gasteiger partial charge on any atom is 0.411 e. The molecule has 0 radical (unpaired) electrons. The first-order valence-corrected chi connectivity index (χ1v) is 15.0. The second-order valence-electron chi connectivity index (χ2n) is 10.5. The van der Waals surface area contributed by atoms with E-state index in [0.717, 1.165) is 38.5 Å². The van der Waals surface area contributed by atoms with Gasteiger partial charge in [-0.2, -0.15) is 0 Å². The molecule has 2 aliphatic rings. The highest BCUT2D eigenvalue weighted by molar-refractivity contribution is 7.10. The van der Waals surface area contributed by atoms with Crippen molar-refractivity contribution in [2.45, 2.75) is 69.1 Å². The van der Waals surface area contributed by atoms with Gasteiger partial charge in [0.1, 0.15) is 18.5 Å². The van der Waals surface area contributed by atoms with Crippen molar-refractivity contribution in [3.63, 3.8) is 0 Å². The molecule has 2 saturated carbocycles. The van der Waals surface area contributed by atoms with Gasteiger partial charge in [0.25, 0.3) is 0 Å². The van der Waals surface area contributed by atoms with Crippen LogP contribution in [-0.2, 0) is 19.9 Å². The van der Waals surface area contributed by atoms with Gasteiger partial charge in [-0.3, -0.25) is 10.1 Å². The van der Waals surface area contributed by atoms with Crippen LogP contribution in [0.1, 0.15) is 66.6 Å². The van der Waals surface area contributed by atoms with Crippen molar-refractivity contribution in [3.05, 3.63) is 45.1 Å². The summed E-state index contributed by atoms with van der Waals surface area (Å²) in [5.74, 6) is -0.325. The molecular formula is C29H37ClN2O7S. The number of aliphatic hydroxyl groups is 1. The lowest BCUT2D eigenvalue weighted by atomic mass is 9.84. The fourth-order valence-electron chi connectivity index (χ4n) is 5.70. The summed E-state index contributed by atoms with van der Waals surface area (Å²) in [6.45, 7) is 0.705. The smallest absolute Gasteiger partial charge is 0.411 e. The Hall–Kier alpha value is -2.66. The van der Waals surface area contributed by atoms with Crippen molar-refractivity contribution >= 4 is 47.0 Å². The number of halogens is 1. The number of ether oxygens (including phenoxy) is 3. The monoisotopic (exact) mass is 592 g/mol. The quantitative estimate of drug-likeness (QED) is 0.255. The van der Waals surface area contributed by atoms with Gasteiger partial charge in [0.05, 0.1) is 23.4 Å². The Kier molecular flexibility index (Phi) is 10.5. The Morgan fingerprint density at radius 1 is 1.20 bits per heavy atom. The zero-order valence-electron chi connectivity index (χ0n) is 22.9. The van der Waals surface area contributed by atoms with E-state index >= 15 is 0 Å². The van der Waals surface area contributed by atoms with E-state index in [-0.39, 0.29) is 40.9 Å². The number of benzene rings is 1. The standard InChI is InChI=1S/C29H37ClN2O7S/c1-32(13-14-38-28(35)31-24-17-25(37-2)19(18-33)16-23(24)30)21-9-11-22(12-10-21)39-27(34)29(36,20-6-3-4-7-20)26-8-5-15-40-26/h5,8,15-18,20-22,36H,3-4,6-7,9-14H2,1-2H3,(H,31,35)/t21-,22-,29-/m1/s1. The molecule has 2 aromatic rings. The Bertz CT molecular complexity index is 1160. The summed E-state index contributed by atoms with van der Waals surface area (Å²) in [4.78, 5) is 39.5. The number of aldehydes is 1. The van der Waals surface area contributed by atoms with Gasteiger partial charge >= 0.3 is 12.1 Å². The predicted molar refractivity (Wildman–Crippen MR) is 153 cm³/mol. The van der Waals surface area contributed by atoms with Crippen LogP contribution in [0.25, 0.3) is 0 Å². The molecule has 1 amide bonds. The molecule has 1 aromatic carbocycles. The van der Waals surface area contributed by atoms with Crippen LogP contribution in [0.5, 0.6) is 5.75 Å².